The van der Waals surface area contributed by atoms with Gasteiger partial charge in [-0.05, 0) is 12.8 Å². The van der Waals surface area contributed by atoms with E-state index in [-0.39, 0.29) is 26.1 Å². The van der Waals surface area contributed by atoms with Crippen molar-refractivity contribution in [2.75, 3.05) is 26.0 Å². The van der Waals surface area contributed by atoms with Crippen LogP contribution in [0, 0.1) is 0 Å². The van der Waals surface area contributed by atoms with E-state index >= 15 is 0 Å². The highest BCUT2D eigenvalue weighted by Gasteiger charge is 2.45. The number of hydrogen-bond acceptors (Lipinski definition) is 5. The lowest BCUT2D eigenvalue weighted by molar-refractivity contribution is -0.152. The summed E-state index contributed by atoms with van der Waals surface area (Å²) in [5.74, 6) is -1.65. The number of carboxylic acid groups (broad SMARTS) is 1. The van der Waals surface area contributed by atoms with E-state index in [1.54, 1.807) is 0 Å². The van der Waals surface area contributed by atoms with Crippen LogP contribution >= 0.6 is 0 Å². The number of sulfonamides is 1. The number of amides is 1. The zero-order valence-corrected chi connectivity index (χ0v) is 12.7. The summed E-state index contributed by atoms with van der Waals surface area (Å²) in [5, 5.41) is 12.0. The average molecular weight is 320 g/mol. The Hall–Kier alpha value is -1.19. The number of rotatable bonds is 4. The molecule has 2 aliphatic heterocycles. The van der Waals surface area contributed by atoms with Crippen molar-refractivity contribution in [3.8, 4) is 0 Å². The standard InChI is InChI=1S/C12H20N2O6S/c1-21(18,19)14-6-2-3-9(14)10(15)13-12(11(16)17)4-7-20-8-5-12/h9H,2-8H2,1H3,(H,13,15)(H,16,17). The van der Waals surface area contributed by atoms with Gasteiger partial charge in [0.05, 0.1) is 6.26 Å². The molecular weight excluding hydrogens is 300 g/mol. The second-order valence-electron chi connectivity index (χ2n) is 5.52. The Balaban J connectivity index is 2.14. The van der Waals surface area contributed by atoms with Gasteiger partial charge in [0.1, 0.15) is 11.6 Å². The number of carbonyl (C=O) groups is 2. The summed E-state index contributed by atoms with van der Waals surface area (Å²) in [6.07, 6.45) is 2.42. The minimum absolute atomic E-state index is 0.180. The molecule has 1 unspecified atom stereocenters. The Morgan fingerprint density at radius 3 is 2.48 bits per heavy atom. The predicted molar refractivity (Wildman–Crippen MR) is 73.1 cm³/mol. The van der Waals surface area contributed by atoms with Gasteiger partial charge >= 0.3 is 5.97 Å². The van der Waals surface area contributed by atoms with Crippen LogP contribution in [0.15, 0.2) is 0 Å². The summed E-state index contributed by atoms with van der Waals surface area (Å²) in [6, 6.07) is -0.820. The molecule has 8 nitrogen and oxygen atoms in total. The van der Waals surface area contributed by atoms with E-state index in [9.17, 15) is 23.1 Å². The average Bonchev–Trinajstić information content (AvgIpc) is 2.88. The number of aliphatic carboxylic acids is 1. The molecule has 2 N–H and O–H groups in total. The summed E-state index contributed by atoms with van der Waals surface area (Å²) in [6.45, 7) is 0.806. The van der Waals surface area contributed by atoms with Crippen molar-refractivity contribution in [2.24, 2.45) is 0 Å². The minimum atomic E-state index is -3.48. The molecule has 2 heterocycles. The van der Waals surface area contributed by atoms with Crippen LogP contribution in [-0.4, -0.2) is 67.3 Å². The fraction of sp³-hybridized carbons (Fsp3) is 0.833. The van der Waals surface area contributed by atoms with Crippen LogP contribution in [0.25, 0.3) is 0 Å². The molecular formula is C12H20N2O6S. The highest BCUT2D eigenvalue weighted by Crippen LogP contribution is 2.25. The third kappa shape index (κ3) is 3.35. The van der Waals surface area contributed by atoms with E-state index in [0.29, 0.717) is 19.4 Å². The molecule has 0 aromatic rings. The van der Waals surface area contributed by atoms with Gasteiger partial charge in [0.15, 0.2) is 0 Å². The largest absolute Gasteiger partial charge is 0.480 e. The summed E-state index contributed by atoms with van der Waals surface area (Å²) in [7, 11) is -3.48. The smallest absolute Gasteiger partial charge is 0.329 e. The Kier molecular flexibility index (Phi) is 4.54. The SMILES string of the molecule is CS(=O)(=O)N1CCCC1C(=O)NC1(C(=O)O)CCOCC1. The second kappa shape index (κ2) is 5.90. The lowest BCUT2D eigenvalue weighted by Crippen LogP contribution is -2.60. The van der Waals surface area contributed by atoms with Crippen LogP contribution in [0.1, 0.15) is 25.7 Å². The maximum Gasteiger partial charge on any atom is 0.329 e. The van der Waals surface area contributed by atoms with Gasteiger partial charge in [0, 0.05) is 32.6 Å². The zero-order valence-electron chi connectivity index (χ0n) is 11.9. The second-order valence-corrected chi connectivity index (χ2v) is 7.46. The molecule has 2 rings (SSSR count). The van der Waals surface area contributed by atoms with Crippen LogP contribution in [0.3, 0.4) is 0 Å². The first kappa shape index (κ1) is 16.2. The fourth-order valence-electron chi connectivity index (χ4n) is 2.83. The number of nitrogens with zero attached hydrogens (tertiary/aromatic N) is 1. The third-order valence-corrected chi connectivity index (χ3v) is 5.34. The van der Waals surface area contributed by atoms with Gasteiger partial charge in [0.25, 0.3) is 0 Å². The molecule has 0 aliphatic carbocycles. The molecule has 0 aromatic heterocycles. The van der Waals surface area contributed by atoms with E-state index in [4.69, 9.17) is 4.74 Å². The Morgan fingerprint density at radius 1 is 1.33 bits per heavy atom. The van der Waals surface area contributed by atoms with Crippen LogP contribution in [0.4, 0.5) is 0 Å². The van der Waals surface area contributed by atoms with Crippen LogP contribution < -0.4 is 5.32 Å². The van der Waals surface area contributed by atoms with E-state index in [2.05, 4.69) is 5.32 Å². The fourth-order valence-corrected chi connectivity index (χ4v) is 3.95. The molecule has 1 atom stereocenters. The van der Waals surface area contributed by atoms with E-state index in [1.807, 2.05) is 0 Å². The van der Waals surface area contributed by atoms with Gasteiger partial charge in [-0.25, -0.2) is 13.2 Å². The number of carbonyl (C=O) groups excluding carboxylic acids is 1. The predicted octanol–water partition coefficient (Wildman–Crippen LogP) is -0.840. The molecule has 2 saturated heterocycles. The normalized spacial score (nSPS) is 26.4. The monoisotopic (exact) mass is 320 g/mol. The molecule has 0 saturated carbocycles. The first-order valence-electron chi connectivity index (χ1n) is 6.86. The number of ether oxygens (including phenoxy) is 1. The maximum absolute atomic E-state index is 12.4. The molecule has 2 aliphatic rings. The summed E-state index contributed by atoms with van der Waals surface area (Å²) < 4.78 is 29.6. The molecule has 0 radical (unpaired) electrons. The highest BCUT2D eigenvalue weighted by atomic mass is 32.2. The highest BCUT2D eigenvalue weighted by molar-refractivity contribution is 7.88. The van der Waals surface area contributed by atoms with Crippen molar-refractivity contribution in [1.29, 1.82) is 0 Å². The first-order valence-corrected chi connectivity index (χ1v) is 8.71. The van der Waals surface area contributed by atoms with Crippen molar-refractivity contribution < 1.29 is 27.9 Å². The summed E-state index contributed by atoms with van der Waals surface area (Å²) >= 11 is 0. The van der Waals surface area contributed by atoms with Crippen molar-refractivity contribution in [3.63, 3.8) is 0 Å². The number of nitrogens with one attached hydrogen (secondary N) is 1. The zero-order chi connectivity index (χ0) is 15.7. The molecule has 9 heteroatoms. The summed E-state index contributed by atoms with van der Waals surface area (Å²) in [5.41, 5.74) is -1.36. The van der Waals surface area contributed by atoms with Crippen molar-refractivity contribution in [1.82, 2.24) is 9.62 Å². The maximum atomic E-state index is 12.4. The quantitative estimate of drug-likeness (QED) is 0.698. The van der Waals surface area contributed by atoms with Gasteiger partial charge in [-0.15, -0.1) is 0 Å². The minimum Gasteiger partial charge on any atom is -0.480 e. The van der Waals surface area contributed by atoms with Gasteiger partial charge < -0.3 is 15.2 Å². The van der Waals surface area contributed by atoms with E-state index in [0.717, 1.165) is 10.6 Å². The third-order valence-electron chi connectivity index (χ3n) is 4.05. The Bertz CT molecular complexity index is 526. The Labute approximate surface area is 123 Å². The summed E-state index contributed by atoms with van der Waals surface area (Å²) in [4.78, 5) is 23.9. The Morgan fingerprint density at radius 2 is 1.95 bits per heavy atom. The molecule has 2 fully saturated rings. The van der Waals surface area contributed by atoms with Crippen molar-refractivity contribution in [3.05, 3.63) is 0 Å². The molecule has 0 spiro atoms. The number of hydrogen-bond donors (Lipinski definition) is 2. The van der Waals surface area contributed by atoms with Gasteiger partial charge in [-0.1, -0.05) is 0 Å². The van der Waals surface area contributed by atoms with Crippen molar-refractivity contribution >= 4 is 21.9 Å². The van der Waals surface area contributed by atoms with Crippen LogP contribution in [0.5, 0.6) is 0 Å². The van der Waals surface area contributed by atoms with Crippen LogP contribution in [-0.2, 0) is 24.3 Å². The van der Waals surface area contributed by atoms with Gasteiger partial charge in [-0.3, -0.25) is 4.79 Å². The van der Waals surface area contributed by atoms with Crippen molar-refractivity contribution in [2.45, 2.75) is 37.3 Å². The lowest BCUT2D eigenvalue weighted by Gasteiger charge is -2.35. The van der Waals surface area contributed by atoms with Crippen LogP contribution in [0.2, 0.25) is 0 Å². The molecule has 0 bridgehead atoms. The van der Waals surface area contributed by atoms with Gasteiger partial charge in [-0.2, -0.15) is 4.31 Å². The molecule has 0 aromatic carbocycles. The first-order chi connectivity index (χ1) is 9.76. The molecule has 1 amide bonds. The molecule has 120 valence electrons. The molecule has 21 heavy (non-hydrogen) atoms. The number of carboxylic acids is 1. The van der Waals surface area contributed by atoms with E-state index < -0.39 is 33.5 Å². The topological polar surface area (TPSA) is 113 Å². The van der Waals surface area contributed by atoms with Gasteiger partial charge in [0.2, 0.25) is 15.9 Å². The lowest BCUT2D eigenvalue weighted by atomic mass is 9.89. The van der Waals surface area contributed by atoms with E-state index in [1.165, 1.54) is 0 Å².